The molecule has 134 valence electrons. The van der Waals surface area contributed by atoms with Crippen molar-refractivity contribution >= 4 is 33.3 Å². The first-order chi connectivity index (χ1) is 11.9. The Kier molecular flexibility index (Phi) is 6.29. The van der Waals surface area contributed by atoms with Crippen LogP contribution in [-0.2, 0) is 14.8 Å². The molecule has 9 heteroatoms. The third-order valence-electron chi connectivity index (χ3n) is 3.29. The molecule has 0 unspecified atom stereocenters. The summed E-state index contributed by atoms with van der Waals surface area (Å²) in [7, 11) is -2.12. The van der Waals surface area contributed by atoms with Crippen LogP contribution in [0.3, 0.4) is 0 Å². The minimum absolute atomic E-state index is 0.0394. The molecule has 0 saturated heterocycles. The number of esters is 1. The lowest BCUT2D eigenvalue weighted by Gasteiger charge is -2.10. The number of nitrogens with zero attached hydrogens (tertiary/aromatic N) is 2. The zero-order valence-electron chi connectivity index (χ0n) is 14.0. The van der Waals surface area contributed by atoms with Crippen LogP contribution in [-0.4, -0.2) is 37.4 Å². The normalized spacial score (nSPS) is 11.0. The fraction of sp³-hybridized carbons (Fsp3) is 0.312. The number of unbranched alkanes of at least 4 members (excludes halogenated alkanes) is 1. The fourth-order valence-corrected chi connectivity index (χ4v) is 3.21. The van der Waals surface area contributed by atoms with E-state index in [0.717, 1.165) is 6.42 Å². The molecule has 0 radical (unpaired) electrons. The Labute approximate surface area is 146 Å². The molecule has 0 aliphatic carbocycles. The predicted molar refractivity (Wildman–Crippen MR) is 95.4 cm³/mol. The number of carbonyl (C=O) groups excluding carboxylic acids is 1. The van der Waals surface area contributed by atoms with E-state index in [1.807, 2.05) is 6.92 Å². The quantitative estimate of drug-likeness (QED) is 0.693. The van der Waals surface area contributed by atoms with Gasteiger partial charge in [0.2, 0.25) is 10.0 Å². The van der Waals surface area contributed by atoms with E-state index in [1.165, 1.54) is 13.2 Å². The zero-order valence-corrected chi connectivity index (χ0v) is 14.8. The Morgan fingerprint density at radius 1 is 1.12 bits per heavy atom. The topological polar surface area (TPSA) is 110 Å². The van der Waals surface area contributed by atoms with E-state index in [-0.39, 0.29) is 11.6 Å². The molecule has 0 fully saturated rings. The summed E-state index contributed by atoms with van der Waals surface area (Å²) in [6.07, 6.45) is 1.36. The third kappa shape index (κ3) is 5.42. The largest absolute Gasteiger partial charge is 0.465 e. The average Bonchev–Trinajstić information content (AvgIpc) is 2.61. The molecule has 0 saturated carbocycles. The van der Waals surface area contributed by atoms with E-state index < -0.39 is 16.0 Å². The molecule has 0 aliphatic rings. The number of benzene rings is 1. The second-order valence-corrected chi connectivity index (χ2v) is 7.08. The highest BCUT2D eigenvalue weighted by Crippen LogP contribution is 2.20. The highest BCUT2D eigenvalue weighted by Gasteiger charge is 2.13. The second kappa shape index (κ2) is 8.43. The Balaban J connectivity index is 2.10. The molecule has 1 aromatic heterocycles. The maximum atomic E-state index is 11.8. The molecule has 0 bridgehead atoms. The molecule has 0 spiro atoms. The Morgan fingerprint density at radius 3 is 2.44 bits per heavy atom. The van der Waals surface area contributed by atoms with E-state index in [1.54, 1.807) is 30.3 Å². The summed E-state index contributed by atoms with van der Waals surface area (Å²) >= 11 is 0. The number of rotatable bonds is 8. The lowest BCUT2D eigenvalue weighted by Crippen LogP contribution is -2.17. The average molecular weight is 364 g/mol. The lowest BCUT2D eigenvalue weighted by atomic mass is 10.2. The summed E-state index contributed by atoms with van der Waals surface area (Å²) in [5.74, 6) is 0.0737. The van der Waals surface area contributed by atoms with Gasteiger partial charge in [0.25, 0.3) is 0 Å². The molecular weight excluding hydrogens is 344 g/mol. The predicted octanol–water partition coefficient (Wildman–Crippen LogP) is 2.55. The summed E-state index contributed by atoms with van der Waals surface area (Å²) in [6.45, 7) is 1.92. The molecule has 2 aromatic rings. The monoisotopic (exact) mass is 364 g/mol. The number of ether oxygens (including phenoxy) is 1. The van der Waals surface area contributed by atoms with Crippen molar-refractivity contribution in [3.63, 3.8) is 0 Å². The summed E-state index contributed by atoms with van der Waals surface area (Å²) < 4.78 is 30.8. The van der Waals surface area contributed by atoms with E-state index in [4.69, 9.17) is 4.74 Å². The third-order valence-corrected chi connectivity index (χ3v) is 4.63. The van der Waals surface area contributed by atoms with E-state index >= 15 is 0 Å². The Hall–Kier alpha value is -2.68. The summed E-state index contributed by atoms with van der Waals surface area (Å²) in [6, 6.07) is 9.88. The second-order valence-electron chi connectivity index (χ2n) is 5.24. The molecule has 0 atom stereocenters. The first-order valence-corrected chi connectivity index (χ1v) is 9.39. The number of anilines is 3. The van der Waals surface area contributed by atoms with Crippen LogP contribution in [0.1, 0.15) is 30.1 Å². The van der Waals surface area contributed by atoms with Gasteiger partial charge in [-0.15, -0.1) is 10.2 Å². The van der Waals surface area contributed by atoms with Crippen molar-refractivity contribution in [1.82, 2.24) is 10.2 Å². The zero-order chi connectivity index (χ0) is 18.3. The van der Waals surface area contributed by atoms with Gasteiger partial charge in [0, 0.05) is 0 Å². The molecule has 1 aromatic carbocycles. The van der Waals surface area contributed by atoms with Crippen molar-refractivity contribution in [2.75, 3.05) is 22.9 Å². The first-order valence-electron chi connectivity index (χ1n) is 7.73. The summed E-state index contributed by atoms with van der Waals surface area (Å²) in [4.78, 5) is 11.7. The van der Waals surface area contributed by atoms with Gasteiger partial charge in [0.15, 0.2) is 11.6 Å². The van der Waals surface area contributed by atoms with Crippen molar-refractivity contribution < 1.29 is 17.9 Å². The number of hydrogen-bond donors (Lipinski definition) is 2. The van der Waals surface area contributed by atoms with Gasteiger partial charge < -0.3 is 10.1 Å². The van der Waals surface area contributed by atoms with Gasteiger partial charge >= 0.3 is 5.97 Å². The minimum Gasteiger partial charge on any atom is -0.465 e. The molecular formula is C16H20N4O4S. The molecule has 2 rings (SSSR count). The van der Waals surface area contributed by atoms with Crippen LogP contribution in [0.15, 0.2) is 36.4 Å². The van der Waals surface area contributed by atoms with E-state index in [2.05, 4.69) is 20.2 Å². The van der Waals surface area contributed by atoms with Crippen LogP contribution in [0.25, 0.3) is 0 Å². The number of methoxy groups -OCH3 is 1. The van der Waals surface area contributed by atoms with Gasteiger partial charge in [-0.25, -0.2) is 13.2 Å². The Morgan fingerprint density at radius 2 is 1.80 bits per heavy atom. The number of para-hydroxylation sites is 1. The molecule has 2 N–H and O–H groups in total. The maximum absolute atomic E-state index is 11.8. The number of carbonyl (C=O) groups is 1. The van der Waals surface area contributed by atoms with Crippen molar-refractivity contribution in [2.24, 2.45) is 0 Å². The first kappa shape index (κ1) is 18.7. The molecule has 0 aliphatic heterocycles. The molecule has 1 heterocycles. The van der Waals surface area contributed by atoms with Crippen molar-refractivity contribution in [2.45, 2.75) is 19.8 Å². The van der Waals surface area contributed by atoms with Crippen molar-refractivity contribution in [1.29, 1.82) is 0 Å². The fourth-order valence-electron chi connectivity index (χ4n) is 2.02. The van der Waals surface area contributed by atoms with Gasteiger partial charge in [-0.2, -0.15) is 0 Å². The smallest absolute Gasteiger partial charge is 0.339 e. The standard InChI is InChI=1S/C16H20N4O4S/c1-3-4-11-25(22,23)20-15-10-9-14(18-19-15)17-13-8-6-5-7-12(13)16(21)24-2/h5-10H,3-4,11H2,1-2H3,(H,17,18)(H,19,20). The number of sulfonamides is 1. The van der Waals surface area contributed by atoms with Gasteiger partial charge in [0.05, 0.1) is 24.1 Å². The highest BCUT2D eigenvalue weighted by molar-refractivity contribution is 7.92. The van der Waals surface area contributed by atoms with E-state index in [9.17, 15) is 13.2 Å². The molecule has 0 amide bonds. The number of nitrogens with one attached hydrogen (secondary N) is 2. The highest BCUT2D eigenvalue weighted by atomic mass is 32.2. The molecule has 25 heavy (non-hydrogen) atoms. The van der Waals surface area contributed by atoms with Crippen LogP contribution in [0.4, 0.5) is 17.3 Å². The SMILES string of the molecule is CCCCS(=O)(=O)Nc1ccc(Nc2ccccc2C(=O)OC)nn1. The van der Waals surface area contributed by atoms with Gasteiger partial charge in [-0.05, 0) is 30.7 Å². The number of aromatic nitrogens is 2. The number of hydrogen-bond acceptors (Lipinski definition) is 7. The Bertz CT molecular complexity index is 822. The summed E-state index contributed by atoms with van der Waals surface area (Å²) in [5, 5.41) is 10.7. The van der Waals surface area contributed by atoms with Crippen LogP contribution < -0.4 is 10.0 Å². The lowest BCUT2D eigenvalue weighted by molar-refractivity contribution is 0.0602. The van der Waals surface area contributed by atoms with Crippen LogP contribution >= 0.6 is 0 Å². The van der Waals surface area contributed by atoms with Gasteiger partial charge in [-0.3, -0.25) is 4.72 Å². The van der Waals surface area contributed by atoms with Crippen LogP contribution in [0, 0.1) is 0 Å². The van der Waals surface area contributed by atoms with Crippen molar-refractivity contribution in [3.8, 4) is 0 Å². The minimum atomic E-state index is -3.42. The van der Waals surface area contributed by atoms with E-state index in [0.29, 0.717) is 23.5 Å². The van der Waals surface area contributed by atoms with Gasteiger partial charge in [0.1, 0.15) is 0 Å². The van der Waals surface area contributed by atoms with Crippen molar-refractivity contribution in [3.05, 3.63) is 42.0 Å². The molecule has 8 nitrogen and oxygen atoms in total. The summed E-state index contributed by atoms with van der Waals surface area (Å²) in [5.41, 5.74) is 0.871. The van der Waals surface area contributed by atoms with Crippen LogP contribution in [0.2, 0.25) is 0 Å². The maximum Gasteiger partial charge on any atom is 0.339 e. The van der Waals surface area contributed by atoms with Crippen LogP contribution in [0.5, 0.6) is 0 Å². The van der Waals surface area contributed by atoms with Gasteiger partial charge in [-0.1, -0.05) is 25.5 Å².